The molecule has 0 bridgehead atoms. The quantitative estimate of drug-likeness (QED) is 0.327. The lowest BCUT2D eigenvalue weighted by Crippen LogP contribution is -2.21. The molecule has 0 saturated heterocycles. The summed E-state index contributed by atoms with van der Waals surface area (Å²) in [6.07, 6.45) is 20.7. The maximum absolute atomic E-state index is 4.35. The molecule has 0 aliphatic rings. The summed E-state index contributed by atoms with van der Waals surface area (Å²) in [5, 5.41) is 0. The van der Waals surface area contributed by atoms with Crippen molar-refractivity contribution in [2.45, 2.75) is 90.5 Å². The van der Waals surface area contributed by atoms with E-state index in [-0.39, 0.29) is 0 Å². The SMILES string of the molecule is CCCCCCCC(C(CCCCC)Cc1ccccc1)n1ccnc1. The van der Waals surface area contributed by atoms with E-state index in [0.29, 0.717) is 12.0 Å². The van der Waals surface area contributed by atoms with E-state index in [1.165, 1.54) is 76.2 Å². The fraction of sp³-hybridized carbons (Fsp3) is 0.625. The van der Waals surface area contributed by atoms with Crippen LogP contribution in [0.2, 0.25) is 0 Å². The third kappa shape index (κ3) is 7.35. The molecule has 2 heteroatoms. The summed E-state index contributed by atoms with van der Waals surface area (Å²) >= 11 is 0. The molecule has 2 rings (SSSR count). The molecule has 0 fully saturated rings. The number of rotatable bonds is 14. The van der Waals surface area contributed by atoms with E-state index >= 15 is 0 Å². The van der Waals surface area contributed by atoms with E-state index in [1.54, 1.807) is 0 Å². The molecule has 2 nitrogen and oxygen atoms in total. The third-order valence-electron chi connectivity index (χ3n) is 5.57. The van der Waals surface area contributed by atoms with Gasteiger partial charge in [-0.1, -0.05) is 95.5 Å². The number of nitrogens with zero attached hydrogens (tertiary/aromatic N) is 2. The van der Waals surface area contributed by atoms with Gasteiger partial charge in [-0.05, 0) is 30.7 Å². The van der Waals surface area contributed by atoms with E-state index in [9.17, 15) is 0 Å². The van der Waals surface area contributed by atoms with Gasteiger partial charge < -0.3 is 4.57 Å². The van der Waals surface area contributed by atoms with Crippen molar-refractivity contribution in [1.82, 2.24) is 9.55 Å². The Morgan fingerprint density at radius 3 is 2.23 bits per heavy atom. The van der Waals surface area contributed by atoms with Crippen molar-refractivity contribution >= 4 is 0 Å². The Labute approximate surface area is 161 Å². The maximum Gasteiger partial charge on any atom is 0.0948 e. The van der Waals surface area contributed by atoms with Gasteiger partial charge in [0.1, 0.15) is 0 Å². The summed E-state index contributed by atoms with van der Waals surface area (Å²) < 4.78 is 2.39. The Morgan fingerprint density at radius 2 is 1.54 bits per heavy atom. The molecule has 1 aromatic heterocycles. The molecular formula is C24H38N2. The number of aromatic nitrogens is 2. The van der Waals surface area contributed by atoms with E-state index in [0.717, 1.165) is 0 Å². The minimum absolute atomic E-state index is 0.580. The van der Waals surface area contributed by atoms with Crippen molar-refractivity contribution in [3.8, 4) is 0 Å². The van der Waals surface area contributed by atoms with Gasteiger partial charge in [-0.2, -0.15) is 0 Å². The lowest BCUT2D eigenvalue weighted by molar-refractivity contribution is 0.276. The second-order valence-electron chi connectivity index (χ2n) is 7.73. The number of hydrogen-bond donors (Lipinski definition) is 0. The first-order chi connectivity index (χ1) is 12.8. The first kappa shape index (κ1) is 20.7. The van der Waals surface area contributed by atoms with Gasteiger partial charge >= 0.3 is 0 Å². The zero-order valence-corrected chi connectivity index (χ0v) is 16.9. The summed E-state index contributed by atoms with van der Waals surface area (Å²) in [5.74, 6) is 0.698. The van der Waals surface area contributed by atoms with Gasteiger partial charge in [0.15, 0.2) is 0 Å². The molecule has 0 amide bonds. The van der Waals surface area contributed by atoms with E-state index in [2.05, 4.69) is 59.9 Å². The molecule has 1 heterocycles. The van der Waals surface area contributed by atoms with Crippen LogP contribution in [-0.4, -0.2) is 9.55 Å². The average molecular weight is 355 g/mol. The van der Waals surface area contributed by atoms with Gasteiger partial charge in [-0.15, -0.1) is 0 Å². The van der Waals surface area contributed by atoms with Crippen molar-refractivity contribution in [2.24, 2.45) is 5.92 Å². The highest BCUT2D eigenvalue weighted by Crippen LogP contribution is 2.32. The molecule has 0 spiro atoms. The van der Waals surface area contributed by atoms with Crippen molar-refractivity contribution < 1.29 is 0 Å². The zero-order chi connectivity index (χ0) is 18.5. The van der Waals surface area contributed by atoms with Crippen molar-refractivity contribution in [2.75, 3.05) is 0 Å². The minimum Gasteiger partial charge on any atom is -0.334 e. The maximum atomic E-state index is 4.35. The molecule has 0 N–H and O–H groups in total. The van der Waals surface area contributed by atoms with Crippen LogP contribution in [0.15, 0.2) is 49.1 Å². The third-order valence-corrected chi connectivity index (χ3v) is 5.57. The number of hydrogen-bond acceptors (Lipinski definition) is 1. The van der Waals surface area contributed by atoms with Gasteiger partial charge in [-0.3, -0.25) is 0 Å². The highest BCUT2D eigenvalue weighted by Gasteiger charge is 2.22. The molecule has 0 saturated carbocycles. The standard InChI is InChI=1S/C24H38N2/c1-3-5-7-8-13-17-24(26-19-18-25-21-26)23(16-10-6-4-2)20-22-14-11-9-12-15-22/h9,11-12,14-15,18-19,21,23-24H,3-8,10,13,16-17,20H2,1-2H3. The van der Waals surface area contributed by atoms with Gasteiger partial charge in [0.2, 0.25) is 0 Å². The van der Waals surface area contributed by atoms with Crippen LogP contribution < -0.4 is 0 Å². The van der Waals surface area contributed by atoms with Crippen LogP contribution in [0.1, 0.15) is 89.7 Å². The average Bonchev–Trinajstić information content (AvgIpc) is 3.19. The van der Waals surface area contributed by atoms with Crippen LogP contribution >= 0.6 is 0 Å². The fourth-order valence-electron chi connectivity index (χ4n) is 4.05. The van der Waals surface area contributed by atoms with E-state index in [4.69, 9.17) is 0 Å². The second-order valence-corrected chi connectivity index (χ2v) is 7.73. The van der Waals surface area contributed by atoms with Crippen LogP contribution in [-0.2, 0) is 6.42 Å². The topological polar surface area (TPSA) is 17.8 Å². The van der Waals surface area contributed by atoms with Crippen LogP contribution in [0.3, 0.4) is 0 Å². The summed E-state index contributed by atoms with van der Waals surface area (Å²) in [6.45, 7) is 4.59. The predicted molar refractivity (Wildman–Crippen MR) is 112 cm³/mol. The first-order valence-corrected chi connectivity index (χ1v) is 10.9. The number of unbranched alkanes of at least 4 members (excludes halogenated alkanes) is 6. The van der Waals surface area contributed by atoms with Gasteiger partial charge in [0, 0.05) is 18.4 Å². The van der Waals surface area contributed by atoms with Gasteiger partial charge in [0.05, 0.1) is 6.33 Å². The summed E-state index contributed by atoms with van der Waals surface area (Å²) in [7, 11) is 0. The fourth-order valence-corrected chi connectivity index (χ4v) is 4.05. The smallest absolute Gasteiger partial charge is 0.0948 e. The Bertz CT molecular complexity index is 547. The molecule has 144 valence electrons. The van der Waals surface area contributed by atoms with Crippen LogP contribution in [0.5, 0.6) is 0 Å². The largest absolute Gasteiger partial charge is 0.334 e. The predicted octanol–water partition coefficient (Wildman–Crippen LogP) is 7.22. The highest BCUT2D eigenvalue weighted by atomic mass is 15.1. The molecule has 0 aliphatic heterocycles. The summed E-state index contributed by atoms with van der Waals surface area (Å²) in [6, 6.07) is 11.6. The molecule has 2 atom stereocenters. The molecular weight excluding hydrogens is 316 g/mol. The molecule has 0 aliphatic carbocycles. The molecule has 26 heavy (non-hydrogen) atoms. The van der Waals surface area contributed by atoms with Crippen molar-refractivity contribution in [3.05, 3.63) is 54.6 Å². The van der Waals surface area contributed by atoms with Gasteiger partial charge in [0.25, 0.3) is 0 Å². The first-order valence-electron chi connectivity index (χ1n) is 10.9. The monoisotopic (exact) mass is 354 g/mol. The molecule has 0 radical (unpaired) electrons. The Kier molecular flexibility index (Phi) is 10.2. The molecule has 2 aromatic rings. The summed E-state index contributed by atoms with van der Waals surface area (Å²) in [4.78, 5) is 4.35. The Hall–Kier alpha value is -1.57. The van der Waals surface area contributed by atoms with E-state index in [1.807, 2.05) is 12.5 Å². The minimum atomic E-state index is 0.580. The van der Waals surface area contributed by atoms with Gasteiger partial charge in [-0.25, -0.2) is 4.98 Å². The van der Waals surface area contributed by atoms with Crippen LogP contribution in [0.25, 0.3) is 0 Å². The zero-order valence-electron chi connectivity index (χ0n) is 16.9. The Morgan fingerprint density at radius 1 is 0.846 bits per heavy atom. The second kappa shape index (κ2) is 12.7. The highest BCUT2D eigenvalue weighted by molar-refractivity contribution is 5.15. The Balaban J connectivity index is 2.05. The van der Waals surface area contributed by atoms with Crippen molar-refractivity contribution in [1.29, 1.82) is 0 Å². The lowest BCUT2D eigenvalue weighted by atomic mass is 9.84. The van der Waals surface area contributed by atoms with Crippen molar-refractivity contribution in [3.63, 3.8) is 0 Å². The molecule has 2 unspecified atom stereocenters. The molecule has 1 aromatic carbocycles. The lowest BCUT2D eigenvalue weighted by Gasteiger charge is -2.29. The normalized spacial score (nSPS) is 13.6. The van der Waals surface area contributed by atoms with Crippen LogP contribution in [0, 0.1) is 5.92 Å². The summed E-state index contributed by atoms with van der Waals surface area (Å²) in [5.41, 5.74) is 1.48. The number of benzene rings is 1. The van der Waals surface area contributed by atoms with E-state index < -0.39 is 0 Å². The van der Waals surface area contributed by atoms with Crippen LogP contribution in [0.4, 0.5) is 0 Å². The number of imidazole rings is 1.